The van der Waals surface area contributed by atoms with E-state index in [1.165, 1.54) is 0 Å². The van der Waals surface area contributed by atoms with E-state index >= 15 is 0 Å². The smallest absolute Gasteiger partial charge is 0.168 e. The zero-order valence-corrected chi connectivity index (χ0v) is 9.32. The van der Waals surface area contributed by atoms with E-state index in [0.29, 0.717) is 17.0 Å². The van der Waals surface area contributed by atoms with Gasteiger partial charge in [0.05, 0.1) is 11.4 Å². The molecule has 0 spiro atoms. The van der Waals surface area contributed by atoms with Gasteiger partial charge in [0, 0.05) is 17.5 Å². The number of pyridine rings is 1. The minimum atomic E-state index is 0.0652. The highest BCUT2D eigenvalue weighted by Crippen LogP contribution is 2.09. The number of rotatable bonds is 3. The summed E-state index contributed by atoms with van der Waals surface area (Å²) in [7, 11) is 0. The Morgan fingerprint density at radius 3 is 2.50 bits per heavy atom. The van der Waals surface area contributed by atoms with Crippen LogP contribution >= 0.6 is 11.6 Å². The van der Waals surface area contributed by atoms with Crippen LogP contribution in [0.3, 0.4) is 0 Å². The second kappa shape index (κ2) is 4.90. The van der Waals surface area contributed by atoms with Crippen LogP contribution in [0.5, 0.6) is 0 Å². The molecule has 0 amide bonds. The molecule has 0 N–H and O–H groups in total. The van der Waals surface area contributed by atoms with E-state index in [1.54, 1.807) is 30.5 Å². The van der Waals surface area contributed by atoms with Crippen molar-refractivity contribution in [1.82, 2.24) is 4.98 Å². The first-order chi connectivity index (χ1) is 7.75. The maximum atomic E-state index is 11.8. The number of hydrogen-bond acceptors (Lipinski definition) is 2. The molecule has 0 aliphatic carbocycles. The molecule has 1 heterocycles. The number of halogens is 1. The summed E-state index contributed by atoms with van der Waals surface area (Å²) in [6.45, 7) is 0. The fourth-order valence-corrected chi connectivity index (χ4v) is 1.51. The molecule has 0 fully saturated rings. The standard InChI is InChI=1S/C13H10ClNO/c14-11-6-7-12(15-9-11)8-13(16)10-4-2-1-3-5-10/h1-7,9H,8H2. The first kappa shape index (κ1) is 10.8. The minimum absolute atomic E-state index is 0.0652. The predicted octanol–water partition coefficient (Wildman–Crippen LogP) is 3.16. The molecule has 0 saturated carbocycles. The molecular formula is C13H10ClNO. The van der Waals surface area contributed by atoms with E-state index in [9.17, 15) is 4.79 Å². The maximum Gasteiger partial charge on any atom is 0.168 e. The zero-order valence-electron chi connectivity index (χ0n) is 8.56. The van der Waals surface area contributed by atoms with Gasteiger partial charge in [0.1, 0.15) is 0 Å². The molecule has 0 saturated heterocycles. The highest BCUT2D eigenvalue weighted by atomic mass is 35.5. The lowest BCUT2D eigenvalue weighted by Crippen LogP contribution is -2.04. The van der Waals surface area contributed by atoms with E-state index in [4.69, 9.17) is 11.6 Å². The van der Waals surface area contributed by atoms with Crippen molar-refractivity contribution in [3.8, 4) is 0 Å². The molecule has 1 aromatic carbocycles. The fourth-order valence-electron chi connectivity index (χ4n) is 1.40. The number of hydrogen-bond donors (Lipinski definition) is 0. The van der Waals surface area contributed by atoms with E-state index in [1.807, 2.05) is 18.2 Å². The molecule has 1 aromatic heterocycles. The van der Waals surface area contributed by atoms with E-state index in [0.717, 1.165) is 5.69 Å². The van der Waals surface area contributed by atoms with Crippen molar-refractivity contribution in [1.29, 1.82) is 0 Å². The van der Waals surface area contributed by atoms with Crippen molar-refractivity contribution >= 4 is 17.4 Å². The van der Waals surface area contributed by atoms with Gasteiger partial charge in [0.15, 0.2) is 5.78 Å². The molecule has 80 valence electrons. The summed E-state index contributed by atoms with van der Waals surface area (Å²) in [4.78, 5) is 15.9. The molecule has 2 nitrogen and oxygen atoms in total. The molecule has 2 rings (SSSR count). The van der Waals surface area contributed by atoms with Gasteiger partial charge >= 0.3 is 0 Å². The summed E-state index contributed by atoms with van der Waals surface area (Å²) in [5.74, 6) is 0.0652. The number of nitrogens with zero attached hydrogens (tertiary/aromatic N) is 1. The summed E-state index contributed by atoms with van der Waals surface area (Å²) in [6.07, 6.45) is 1.86. The first-order valence-corrected chi connectivity index (χ1v) is 5.32. The Hall–Kier alpha value is -1.67. The summed E-state index contributed by atoms with van der Waals surface area (Å²) in [5, 5.41) is 0.580. The Bertz CT molecular complexity index is 479. The van der Waals surface area contributed by atoms with Crippen molar-refractivity contribution in [3.63, 3.8) is 0 Å². The van der Waals surface area contributed by atoms with Gasteiger partial charge in [-0.25, -0.2) is 0 Å². The van der Waals surface area contributed by atoms with E-state index in [2.05, 4.69) is 4.98 Å². The van der Waals surface area contributed by atoms with Crippen LogP contribution in [0.15, 0.2) is 48.7 Å². The van der Waals surface area contributed by atoms with Crippen LogP contribution in [0, 0.1) is 0 Å². The monoisotopic (exact) mass is 231 g/mol. The molecule has 16 heavy (non-hydrogen) atoms. The van der Waals surface area contributed by atoms with Gasteiger partial charge in [-0.2, -0.15) is 0 Å². The summed E-state index contributed by atoms with van der Waals surface area (Å²) < 4.78 is 0. The molecular weight excluding hydrogens is 222 g/mol. The van der Waals surface area contributed by atoms with Crippen LogP contribution < -0.4 is 0 Å². The van der Waals surface area contributed by atoms with E-state index < -0.39 is 0 Å². The van der Waals surface area contributed by atoms with Crippen LogP contribution in [-0.4, -0.2) is 10.8 Å². The van der Waals surface area contributed by atoms with Crippen molar-refractivity contribution in [2.24, 2.45) is 0 Å². The minimum Gasteiger partial charge on any atom is -0.294 e. The number of carbonyl (C=O) groups excluding carboxylic acids is 1. The van der Waals surface area contributed by atoms with Gasteiger partial charge in [0.2, 0.25) is 0 Å². The summed E-state index contributed by atoms with van der Waals surface area (Å²) >= 11 is 5.72. The quantitative estimate of drug-likeness (QED) is 0.760. The summed E-state index contributed by atoms with van der Waals surface area (Å²) in [6, 6.07) is 12.7. The second-order valence-corrected chi connectivity index (χ2v) is 3.87. The predicted molar refractivity (Wildman–Crippen MR) is 63.7 cm³/mol. The van der Waals surface area contributed by atoms with Gasteiger partial charge in [-0.05, 0) is 12.1 Å². The number of ketones is 1. The zero-order chi connectivity index (χ0) is 11.4. The third-order valence-corrected chi connectivity index (χ3v) is 2.45. The van der Waals surface area contributed by atoms with Gasteiger partial charge in [-0.1, -0.05) is 41.9 Å². The second-order valence-electron chi connectivity index (χ2n) is 3.43. The number of benzene rings is 1. The highest BCUT2D eigenvalue weighted by Gasteiger charge is 2.06. The molecule has 0 atom stereocenters. The Morgan fingerprint density at radius 2 is 1.88 bits per heavy atom. The van der Waals surface area contributed by atoms with Crippen LogP contribution in [0.1, 0.15) is 16.1 Å². The normalized spacial score (nSPS) is 10.1. The largest absolute Gasteiger partial charge is 0.294 e. The van der Waals surface area contributed by atoms with Gasteiger partial charge in [0.25, 0.3) is 0 Å². The Morgan fingerprint density at radius 1 is 1.12 bits per heavy atom. The van der Waals surface area contributed by atoms with Crippen LogP contribution in [0.25, 0.3) is 0 Å². The Kier molecular flexibility index (Phi) is 3.32. The third kappa shape index (κ3) is 2.67. The first-order valence-electron chi connectivity index (χ1n) is 4.94. The molecule has 3 heteroatoms. The van der Waals surface area contributed by atoms with Crippen LogP contribution in [0.4, 0.5) is 0 Å². The van der Waals surface area contributed by atoms with Crippen LogP contribution in [-0.2, 0) is 6.42 Å². The average Bonchev–Trinajstić information content (AvgIpc) is 2.33. The summed E-state index contributed by atoms with van der Waals surface area (Å²) in [5.41, 5.74) is 1.44. The van der Waals surface area contributed by atoms with Crippen LogP contribution in [0.2, 0.25) is 5.02 Å². The maximum absolute atomic E-state index is 11.8. The lowest BCUT2D eigenvalue weighted by Gasteiger charge is -2.00. The number of carbonyl (C=O) groups is 1. The molecule has 0 aliphatic rings. The lowest BCUT2D eigenvalue weighted by atomic mass is 10.1. The van der Waals surface area contributed by atoms with Crippen molar-refractivity contribution < 1.29 is 4.79 Å². The SMILES string of the molecule is O=C(Cc1ccc(Cl)cn1)c1ccccc1. The van der Waals surface area contributed by atoms with Crippen molar-refractivity contribution in [2.75, 3.05) is 0 Å². The average molecular weight is 232 g/mol. The van der Waals surface area contributed by atoms with Crippen molar-refractivity contribution in [3.05, 3.63) is 64.9 Å². The number of Topliss-reactive ketones (excluding diaryl/α,β-unsaturated/α-hetero) is 1. The van der Waals surface area contributed by atoms with E-state index in [-0.39, 0.29) is 5.78 Å². The van der Waals surface area contributed by atoms with Gasteiger partial charge in [-0.3, -0.25) is 9.78 Å². The molecule has 2 aromatic rings. The number of aromatic nitrogens is 1. The Balaban J connectivity index is 2.11. The third-order valence-electron chi connectivity index (χ3n) is 2.23. The molecule has 0 aliphatic heterocycles. The lowest BCUT2D eigenvalue weighted by molar-refractivity contribution is 0.0992. The highest BCUT2D eigenvalue weighted by molar-refractivity contribution is 6.30. The van der Waals surface area contributed by atoms with Gasteiger partial charge in [-0.15, -0.1) is 0 Å². The Labute approximate surface area is 98.9 Å². The fraction of sp³-hybridized carbons (Fsp3) is 0.0769. The van der Waals surface area contributed by atoms with Crippen molar-refractivity contribution in [2.45, 2.75) is 6.42 Å². The topological polar surface area (TPSA) is 30.0 Å². The molecule has 0 radical (unpaired) electrons. The molecule has 0 bridgehead atoms. The molecule has 0 unspecified atom stereocenters. The van der Waals surface area contributed by atoms with Gasteiger partial charge < -0.3 is 0 Å².